The van der Waals surface area contributed by atoms with Gasteiger partial charge in [-0.15, -0.1) is 0 Å². The molecule has 0 saturated carbocycles. The van der Waals surface area contributed by atoms with E-state index in [0.29, 0.717) is 0 Å². The lowest BCUT2D eigenvalue weighted by molar-refractivity contribution is -0.144. The molecule has 16 heavy (non-hydrogen) atoms. The maximum absolute atomic E-state index is 10.9. The molecule has 0 aliphatic heterocycles. The van der Waals surface area contributed by atoms with Crippen molar-refractivity contribution in [1.29, 1.82) is 0 Å². The van der Waals surface area contributed by atoms with Gasteiger partial charge in [-0.3, -0.25) is 14.4 Å². The zero-order valence-electron chi connectivity index (χ0n) is 9.49. The number of methoxy groups -OCH3 is 1. The van der Waals surface area contributed by atoms with E-state index in [-0.39, 0.29) is 25.7 Å². The van der Waals surface area contributed by atoms with Crippen molar-refractivity contribution < 1.29 is 24.2 Å². The van der Waals surface area contributed by atoms with Gasteiger partial charge < -0.3 is 15.6 Å². The van der Waals surface area contributed by atoms with Crippen LogP contribution in [-0.2, 0) is 19.1 Å². The third-order valence-corrected chi connectivity index (χ3v) is 2.34. The summed E-state index contributed by atoms with van der Waals surface area (Å²) in [5.41, 5.74) is 4.25. The third kappa shape index (κ3) is 6.00. The summed E-state index contributed by atoms with van der Waals surface area (Å²) in [6, 6.07) is 0. The van der Waals surface area contributed by atoms with Crippen LogP contribution in [0.1, 0.15) is 32.6 Å². The Morgan fingerprint density at radius 3 is 2.25 bits per heavy atom. The number of aliphatic carboxylic acids is 1. The van der Waals surface area contributed by atoms with Crippen molar-refractivity contribution in [2.24, 2.45) is 11.1 Å². The van der Waals surface area contributed by atoms with Gasteiger partial charge in [0.2, 0.25) is 5.91 Å². The zero-order valence-corrected chi connectivity index (χ0v) is 9.49. The second-order valence-corrected chi connectivity index (χ2v) is 4.10. The summed E-state index contributed by atoms with van der Waals surface area (Å²) >= 11 is 0. The highest BCUT2D eigenvalue weighted by molar-refractivity contribution is 5.76. The summed E-state index contributed by atoms with van der Waals surface area (Å²) in [4.78, 5) is 32.4. The number of nitrogens with two attached hydrogens (primary N) is 1. The summed E-state index contributed by atoms with van der Waals surface area (Å²) in [5, 5.41) is 8.72. The first-order valence-corrected chi connectivity index (χ1v) is 4.86. The van der Waals surface area contributed by atoms with Crippen molar-refractivity contribution in [1.82, 2.24) is 0 Å². The maximum Gasteiger partial charge on any atom is 0.305 e. The highest BCUT2D eigenvalue weighted by Gasteiger charge is 2.30. The lowest BCUT2D eigenvalue weighted by Crippen LogP contribution is -2.28. The molecule has 6 nitrogen and oxygen atoms in total. The van der Waals surface area contributed by atoms with Crippen molar-refractivity contribution in [3.05, 3.63) is 0 Å². The molecule has 0 aliphatic carbocycles. The number of hydrogen-bond acceptors (Lipinski definition) is 4. The quantitative estimate of drug-likeness (QED) is 0.612. The second-order valence-electron chi connectivity index (χ2n) is 4.10. The highest BCUT2D eigenvalue weighted by Crippen LogP contribution is 2.31. The summed E-state index contributed by atoms with van der Waals surface area (Å²) in [6.07, 6.45) is 0.0751. The molecule has 1 atom stereocenters. The predicted octanol–water partition coefficient (Wildman–Crippen LogP) is 0.296. The Hall–Kier alpha value is -1.59. The SMILES string of the molecule is COC(=O)CCC(C)(CC(N)=O)CC(=O)O. The van der Waals surface area contributed by atoms with Crippen LogP contribution in [0.15, 0.2) is 0 Å². The first-order valence-electron chi connectivity index (χ1n) is 4.86. The molecule has 0 aromatic heterocycles. The summed E-state index contributed by atoms with van der Waals surface area (Å²) < 4.78 is 4.45. The van der Waals surface area contributed by atoms with Crippen LogP contribution >= 0.6 is 0 Å². The first kappa shape index (κ1) is 14.4. The molecular weight excluding hydrogens is 214 g/mol. The predicted molar refractivity (Wildman–Crippen MR) is 55.4 cm³/mol. The molecule has 0 saturated heterocycles. The average molecular weight is 231 g/mol. The fraction of sp³-hybridized carbons (Fsp3) is 0.700. The van der Waals surface area contributed by atoms with Crippen molar-refractivity contribution in [2.75, 3.05) is 7.11 Å². The fourth-order valence-electron chi connectivity index (χ4n) is 1.53. The van der Waals surface area contributed by atoms with Gasteiger partial charge in [-0.1, -0.05) is 6.92 Å². The summed E-state index contributed by atoms with van der Waals surface area (Å²) in [7, 11) is 1.25. The van der Waals surface area contributed by atoms with E-state index in [9.17, 15) is 14.4 Å². The van der Waals surface area contributed by atoms with E-state index in [0.717, 1.165) is 0 Å². The Kier molecular flexibility index (Phi) is 5.49. The molecule has 3 N–H and O–H groups in total. The fourth-order valence-corrected chi connectivity index (χ4v) is 1.53. The zero-order chi connectivity index (χ0) is 12.8. The van der Waals surface area contributed by atoms with Gasteiger partial charge in [0, 0.05) is 12.8 Å². The smallest absolute Gasteiger partial charge is 0.305 e. The topological polar surface area (TPSA) is 107 Å². The number of carboxylic acid groups (broad SMARTS) is 1. The van der Waals surface area contributed by atoms with E-state index in [1.165, 1.54) is 7.11 Å². The van der Waals surface area contributed by atoms with E-state index in [4.69, 9.17) is 10.8 Å². The maximum atomic E-state index is 10.9. The monoisotopic (exact) mass is 231 g/mol. The number of carbonyl (C=O) groups is 3. The Morgan fingerprint density at radius 1 is 1.31 bits per heavy atom. The Bertz CT molecular complexity index is 271. The normalized spacial score (nSPS) is 13.9. The van der Waals surface area contributed by atoms with Crippen LogP contribution < -0.4 is 5.73 Å². The summed E-state index contributed by atoms with van der Waals surface area (Å²) in [6.45, 7) is 1.62. The van der Waals surface area contributed by atoms with Crippen molar-refractivity contribution >= 4 is 17.8 Å². The Morgan fingerprint density at radius 2 is 1.88 bits per heavy atom. The van der Waals surface area contributed by atoms with Crippen LogP contribution in [0.3, 0.4) is 0 Å². The number of rotatable bonds is 7. The lowest BCUT2D eigenvalue weighted by Gasteiger charge is -2.25. The van der Waals surface area contributed by atoms with Crippen molar-refractivity contribution in [2.45, 2.75) is 32.6 Å². The Balaban J connectivity index is 4.46. The molecule has 6 heteroatoms. The number of hydrogen-bond donors (Lipinski definition) is 2. The number of ether oxygens (including phenoxy) is 1. The number of esters is 1. The molecule has 0 heterocycles. The molecule has 0 rings (SSSR count). The van der Waals surface area contributed by atoms with E-state index in [2.05, 4.69) is 4.74 Å². The third-order valence-electron chi connectivity index (χ3n) is 2.34. The van der Waals surface area contributed by atoms with E-state index >= 15 is 0 Å². The lowest BCUT2D eigenvalue weighted by atomic mass is 9.79. The Labute approximate surface area is 93.8 Å². The van der Waals surface area contributed by atoms with Crippen molar-refractivity contribution in [3.63, 3.8) is 0 Å². The highest BCUT2D eigenvalue weighted by atomic mass is 16.5. The second kappa shape index (κ2) is 6.09. The first-order chi connectivity index (χ1) is 7.29. The van der Waals surface area contributed by atoms with Crippen LogP contribution in [-0.4, -0.2) is 30.1 Å². The number of carbonyl (C=O) groups excluding carboxylic acids is 2. The molecule has 1 unspecified atom stereocenters. The molecule has 0 radical (unpaired) electrons. The van der Waals surface area contributed by atoms with Crippen LogP contribution in [0.25, 0.3) is 0 Å². The van der Waals surface area contributed by atoms with Gasteiger partial charge >= 0.3 is 11.9 Å². The van der Waals surface area contributed by atoms with Gasteiger partial charge in [0.25, 0.3) is 0 Å². The van der Waals surface area contributed by atoms with Gasteiger partial charge in [-0.05, 0) is 11.8 Å². The van der Waals surface area contributed by atoms with Gasteiger partial charge in [0.05, 0.1) is 13.5 Å². The van der Waals surface area contributed by atoms with Crippen LogP contribution in [0.5, 0.6) is 0 Å². The average Bonchev–Trinajstić information content (AvgIpc) is 2.11. The van der Waals surface area contributed by atoms with Crippen LogP contribution in [0.2, 0.25) is 0 Å². The minimum Gasteiger partial charge on any atom is -0.481 e. The number of carboxylic acids is 1. The molecule has 0 spiro atoms. The van der Waals surface area contributed by atoms with Gasteiger partial charge in [-0.2, -0.15) is 0 Å². The molecular formula is C10H17NO5. The minimum absolute atomic E-state index is 0.0592. The number of amides is 1. The standard InChI is InChI=1S/C10H17NO5/c1-10(5-7(11)12,6-8(13)14)4-3-9(15)16-2/h3-6H2,1-2H3,(H2,11,12)(H,13,14). The molecule has 0 aliphatic rings. The van der Waals surface area contributed by atoms with Crippen LogP contribution in [0.4, 0.5) is 0 Å². The summed E-state index contributed by atoms with van der Waals surface area (Å²) in [5.74, 6) is -2.02. The molecule has 0 fully saturated rings. The molecule has 0 aromatic rings. The number of primary amides is 1. The van der Waals surface area contributed by atoms with E-state index in [1.54, 1.807) is 6.92 Å². The van der Waals surface area contributed by atoms with Crippen LogP contribution in [0, 0.1) is 5.41 Å². The molecule has 0 aromatic carbocycles. The van der Waals surface area contributed by atoms with E-state index in [1.807, 2.05) is 0 Å². The largest absolute Gasteiger partial charge is 0.481 e. The minimum atomic E-state index is -1.02. The van der Waals surface area contributed by atoms with Gasteiger partial charge in [-0.25, -0.2) is 0 Å². The van der Waals surface area contributed by atoms with Crippen molar-refractivity contribution in [3.8, 4) is 0 Å². The van der Waals surface area contributed by atoms with Gasteiger partial charge in [0.1, 0.15) is 0 Å². The molecule has 0 bridgehead atoms. The molecule has 92 valence electrons. The van der Waals surface area contributed by atoms with Gasteiger partial charge in [0.15, 0.2) is 0 Å². The molecule has 1 amide bonds. The van der Waals surface area contributed by atoms with E-state index < -0.39 is 23.3 Å².